The SMILES string of the molecule is CC(C)(C)OC(=O)c1cccc(NC=C(C#N)C#N)c1. The molecular formula is C15H15N3O2. The summed E-state index contributed by atoms with van der Waals surface area (Å²) in [7, 11) is 0. The smallest absolute Gasteiger partial charge is 0.338 e. The van der Waals surface area contributed by atoms with Gasteiger partial charge in [0.2, 0.25) is 0 Å². The predicted molar refractivity (Wildman–Crippen MR) is 74.5 cm³/mol. The minimum atomic E-state index is -0.560. The first kappa shape index (κ1) is 15.3. The lowest BCUT2D eigenvalue weighted by atomic mass is 10.1. The van der Waals surface area contributed by atoms with Crippen LogP contribution < -0.4 is 5.32 Å². The first-order valence-electron chi connectivity index (χ1n) is 5.96. The maximum absolute atomic E-state index is 11.9. The molecule has 0 spiro atoms. The molecule has 5 nitrogen and oxygen atoms in total. The summed E-state index contributed by atoms with van der Waals surface area (Å²) in [5, 5.41) is 20.0. The van der Waals surface area contributed by atoms with Gasteiger partial charge in [-0.15, -0.1) is 0 Å². The number of hydrogen-bond donors (Lipinski definition) is 1. The number of rotatable bonds is 3. The number of allylic oxidation sites excluding steroid dienone is 1. The van der Waals surface area contributed by atoms with Crippen molar-refractivity contribution in [3.05, 3.63) is 41.6 Å². The van der Waals surface area contributed by atoms with Crippen molar-refractivity contribution < 1.29 is 9.53 Å². The molecule has 1 rings (SSSR count). The molecule has 0 aliphatic heterocycles. The van der Waals surface area contributed by atoms with E-state index in [1.54, 1.807) is 57.2 Å². The zero-order chi connectivity index (χ0) is 15.2. The van der Waals surface area contributed by atoms with E-state index in [1.807, 2.05) is 0 Å². The molecule has 20 heavy (non-hydrogen) atoms. The monoisotopic (exact) mass is 269 g/mol. The van der Waals surface area contributed by atoms with E-state index in [2.05, 4.69) is 5.32 Å². The lowest BCUT2D eigenvalue weighted by Gasteiger charge is -2.19. The molecule has 0 saturated carbocycles. The molecule has 0 atom stereocenters. The summed E-state index contributed by atoms with van der Waals surface area (Å²) in [5.41, 5.74) is 0.382. The van der Waals surface area contributed by atoms with Gasteiger partial charge in [-0.05, 0) is 39.0 Å². The molecule has 0 amide bonds. The summed E-state index contributed by atoms with van der Waals surface area (Å²) >= 11 is 0. The second-order valence-electron chi connectivity index (χ2n) is 5.01. The molecule has 1 aromatic rings. The lowest BCUT2D eigenvalue weighted by Crippen LogP contribution is -2.23. The van der Waals surface area contributed by atoms with Crippen LogP contribution in [0.15, 0.2) is 36.0 Å². The van der Waals surface area contributed by atoms with Crippen molar-refractivity contribution in [3.8, 4) is 12.1 Å². The van der Waals surface area contributed by atoms with Gasteiger partial charge in [0.1, 0.15) is 23.3 Å². The second kappa shape index (κ2) is 6.40. The lowest BCUT2D eigenvalue weighted by molar-refractivity contribution is 0.00696. The van der Waals surface area contributed by atoms with Crippen molar-refractivity contribution in [2.24, 2.45) is 0 Å². The quantitative estimate of drug-likeness (QED) is 0.673. The van der Waals surface area contributed by atoms with Gasteiger partial charge in [0.25, 0.3) is 0 Å². The third-order valence-electron chi connectivity index (χ3n) is 2.12. The minimum absolute atomic E-state index is 0.0485. The first-order chi connectivity index (χ1) is 9.35. The predicted octanol–water partition coefficient (Wildman–Crippen LogP) is 2.98. The Labute approximate surface area is 118 Å². The van der Waals surface area contributed by atoms with Crippen LogP contribution in [0.2, 0.25) is 0 Å². The van der Waals surface area contributed by atoms with Crippen molar-refractivity contribution in [2.45, 2.75) is 26.4 Å². The second-order valence-corrected chi connectivity index (χ2v) is 5.01. The summed E-state index contributed by atoms with van der Waals surface area (Å²) in [6, 6.07) is 10.1. The number of nitriles is 2. The maximum atomic E-state index is 11.9. The Hall–Kier alpha value is -2.79. The van der Waals surface area contributed by atoms with Crippen molar-refractivity contribution in [1.82, 2.24) is 0 Å². The molecule has 102 valence electrons. The van der Waals surface area contributed by atoms with Gasteiger partial charge in [-0.3, -0.25) is 0 Å². The summed E-state index contributed by atoms with van der Waals surface area (Å²) in [6.45, 7) is 5.38. The first-order valence-corrected chi connectivity index (χ1v) is 5.96. The average molecular weight is 269 g/mol. The number of nitrogens with zero attached hydrogens (tertiary/aromatic N) is 2. The molecule has 0 aromatic heterocycles. The highest BCUT2D eigenvalue weighted by atomic mass is 16.6. The Balaban J connectivity index is 2.87. The normalized spacial score (nSPS) is 9.85. The molecule has 0 aliphatic rings. The van der Waals surface area contributed by atoms with Crippen LogP contribution in [-0.2, 0) is 4.74 Å². The van der Waals surface area contributed by atoms with E-state index in [0.717, 1.165) is 0 Å². The Kier molecular flexibility index (Phi) is 4.88. The maximum Gasteiger partial charge on any atom is 0.338 e. The number of esters is 1. The number of carbonyl (C=O) groups excluding carboxylic acids is 1. The molecule has 5 heteroatoms. The minimum Gasteiger partial charge on any atom is -0.456 e. The molecule has 0 unspecified atom stereocenters. The van der Waals surface area contributed by atoms with Crippen LogP contribution in [0.1, 0.15) is 31.1 Å². The molecule has 1 aromatic carbocycles. The van der Waals surface area contributed by atoms with E-state index in [4.69, 9.17) is 15.3 Å². The zero-order valence-corrected chi connectivity index (χ0v) is 11.6. The Morgan fingerprint density at radius 1 is 1.30 bits per heavy atom. The van der Waals surface area contributed by atoms with Crippen LogP contribution in [0.3, 0.4) is 0 Å². The van der Waals surface area contributed by atoms with Crippen molar-refractivity contribution >= 4 is 11.7 Å². The average Bonchev–Trinajstić information content (AvgIpc) is 2.38. The van der Waals surface area contributed by atoms with E-state index in [1.165, 1.54) is 6.20 Å². The molecular weight excluding hydrogens is 254 g/mol. The third-order valence-corrected chi connectivity index (χ3v) is 2.12. The van der Waals surface area contributed by atoms with Gasteiger partial charge < -0.3 is 10.1 Å². The number of benzene rings is 1. The topological polar surface area (TPSA) is 85.9 Å². The number of ether oxygens (including phenoxy) is 1. The van der Waals surface area contributed by atoms with Crippen LogP contribution in [0.4, 0.5) is 5.69 Å². The van der Waals surface area contributed by atoms with E-state index in [-0.39, 0.29) is 5.57 Å². The molecule has 0 heterocycles. The summed E-state index contributed by atoms with van der Waals surface area (Å²) < 4.78 is 5.26. The van der Waals surface area contributed by atoms with E-state index in [9.17, 15) is 4.79 Å². The van der Waals surface area contributed by atoms with E-state index in [0.29, 0.717) is 11.3 Å². The number of hydrogen-bond acceptors (Lipinski definition) is 5. The molecule has 0 bridgehead atoms. The van der Waals surface area contributed by atoms with Crippen LogP contribution >= 0.6 is 0 Å². The Morgan fingerprint density at radius 2 is 1.95 bits per heavy atom. The van der Waals surface area contributed by atoms with Gasteiger partial charge in [-0.2, -0.15) is 10.5 Å². The largest absolute Gasteiger partial charge is 0.456 e. The zero-order valence-electron chi connectivity index (χ0n) is 11.6. The third kappa shape index (κ3) is 4.83. The molecule has 0 saturated heterocycles. The van der Waals surface area contributed by atoms with Gasteiger partial charge >= 0.3 is 5.97 Å². The fourth-order valence-corrected chi connectivity index (χ4v) is 1.32. The molecule has 0 radical (unpaired) electrons. The van der Waals surface area contributed by atoms with Crippen molar-refractivity contribution in [1.29, 1.82) is 10.5 Å². The summed E-state index contributed by atoms with van der Waals surface area (Å²) in [6.07, 6.45) is 1.29. The van der Waals surface area contributed by atoms with Gasteiger partial charge in [-0.25, -0.2) is 4.79 Å². The standard InChI is InChI=1S/C15H15N3O2/c1-15(2,3)20-14(19)12-5-4-6-13(7-12)18-10-11(8-16)9-17/h4-7,10,18H,1-3H3. The number of carbonyl (C=O) groups is 1. The van der Waals surface area contributed by atoms with Gasteiger partial charge in [-0.1, -0.05) is 6.07 Å². The highest BCUT2D eigenvalue weighted by Gasteiger charge is 2.17. The highest BCUT2D eigenvalue weighted by molar-refractivity contribution is 5.90. The van der Waals surface area contributed by atoms with Gasteiger partial charge in [0.05, 0.1) is 5.56 Å². The number of anilines is 1. The van der Waals surface area contributed by atoms with Crippen molar-refractivity contribution in [3.63, 3.8) is 0 Å². The molecule has 0 fully saturated rings. The van der Waals surface area contributed by atoms with Gasteiger partial charge in [0.15, 0.2) is 0 Å². The molecule has 0 aliphatic carbocycles. The van der Waals surface area contributed by atoms with Crippen LogP contribution in [0.25, 0.3) is 0 Å². The Bertz CT molecular complexity index is 597. The molecule has 1 N–H and O–H groups in total. The summed E-state index contributed by atoms with van der Waals surface area (Å²) in [5.74, 6) is -0.425. The van der Waals surface area contributed by atoms with Crippen LogP contribution in [0, 0.1) is 22.7 Å². The number of nitrogens with one attached hydrogen (secondary N) is 1. The Morgan fingerprint density at radius 3 is 2.50 bits per heavy atom. The van der Waals surface area contributed by atoms with E-state index < -0.39 is 11.6 Å². The van der Waals surface area contributed by atoms with Crippen molar-refractivity contribution in [2.75, 3.05) is 5.32 Å². The van der Waals surface area contributed by atoms with Crippen LogP contribution in [0.5, 0.6) is 0 Å². The summed E-state index contributed by atoms with van der Waals surface area (Å²) in [4.78, 5) is 11.9. The highest BCUT2D eigenvalue weighted by Crippen LogP contribution is 2.16. The fraction of sp³-hybridized carbons (Fsp3) is 0.267. The van der Waals surface area contributed by atoms with Crippen LogP contribution in [-0.4, -0.2) is 11.6 Å². The van der Waals surface area contributed by atoms with E-state index >= 15 is 0 Å². The fourth-order valence-electron chi connectivity index (χ4n) is 1.32. The van der Waals surface area contributed by atoms with Gasteiger partial charge in [0, 0.05) is 11.9 Å².